The molecule has 0 aromatic heterocycles. The molecule has 1 aromatic carbocycles. The molecule has 0 spiro atoms. The molecule has 0 bridgehead atoms. The second-order valence-corrected chi connectivity index (χ2v) is 7.42. The van der Waals surface area contributed by atoms with Crippen LogP contribution >= 0.6 is 0 Å². The van der Waals surface area contributed by atoms with Gasteiger partial charge in [0.2, 0.25) is 0 Å². The second-order valence-electron chi connectivity index (χ2n) is 7.42. The van der Waals surface area contributed by atoms with Gasteiger partial charge in [0.1, 0.15) is 0 Å². The van der Waals surface area contributed by atoms with Gasteiger partial charge < -0.3 is 10.2 Å². The van der Waals surface area contributed by atoms with Crippen molar-refractivity contribution in [2.24, 2.45) is 5.41 Å². The van der Waals surface area contributed by atoms with Gasteiger partial charge in [0, 0.05) is 24.8 Å². The van der Waals surface area contributed by atoms with Crippen molar-refractivity contribution in [1.29, 1.82) is 0 Å². The molecule has 2 heteroatoms. The summed E-state index contributed by atoms with van der Waals surface area (Å²) in [6.45, 7) is 14.9. The summed E-state index contributed by atoms with van der Waals surface area (Å²) in [5.41, 5.74) is 3.10. The predicted octanol–water partition coefficient (Wildman–Crippen LogP) is 4.02. The lowest BCUT2D eigenvalue weighted by molar-refractivity contribution is 0.280. The lowest BCUT2D eigenvalue weighted by Crippen LogP contribution is -2.46. The minimum Gasteiger partial charge on any atom is -0.370 e. The topological polar surface area (TPSA) is 15.3 Å². The molecule has 20 heavy (non-hydrogen) atoms. The van der Waals surface area contributed by atoms with Gasteiger partial charge in [0.15, 0.2) is 0 Å². The number of hydrogen-bond acceptors (Lipinski definition) is 2. The van der Waals surface area contributed by atoms with Crippen LogP contribution in [0.4, 0.5) is 5.69 Å². The van der Waals surface area contributed by atoms with Crippen LogP contribution in [-0.4, -0.2) is 25.7 Å². The van der Waals surface area contributed by atoms with Gasteiger partial charge in [-0.3, -0.25) is 0 Å². The van der Waals surface area contributed by atoms with Crippen molar-refractivity contribution in [2.45, 2.75) is 53.0 Å². The molecule has 112 valence electrons. The Kier molecular flexibility index (Phi) is 4.74. The highest BCUT2D eigenvalue weighted by molar-refractivity contribution is 5.48. The van der Waals surface area contributed by atoms with Gasteiger partial charge in [-0.2, -0.15) is 0 Å². The number of nitrogens with zero attached hydrogens (tertiary/aromatic N) is 1. The summed E-state index contributed by atoms with van der Waals surface area (Å²) >= 11 is 0. The Balaban J connectivity index is 2.13. The maximum Gasteiger partial charge on any atom is 0.0366 e. The van der Waals surface area contributed by atoms with Gasteiger partial charge in [-0.1, -0.05) is 46.8 Å². The standard InChI is InChI=1S/C18H30N2/c1-14(2)15-7-9-16(10-8-15)20-12-6-11-19-17(13-20)18(3,4)5/h7-10,14,17,19H,6,11-13H2,1-5H3. The Morgan fingerprint density at radius 3 is 2.35 bits per heavy atom. The van der Waals surface area contributed by atoms with Gasteiger partial charge in [-0.05, 0) is 42.0 Å². The van der Waals surface area contributed by atoms with Crippen molar-refractivity contribution in [3.05, 3.63) is 29.8 Å². The van der Waals surface area contributed by atoms with E-state index < -0.39 is 0 Å². The van der Waals surface area contributed by atoms with E-state index in [2.05, 4.69) is 69.1 Å². The normalized spacial score (nSPS) is 21.1. The van der Waals surface area contributed by atoms with Crippen molar-refractivity contribution < 1.29 is 0 Å². The Hall–Kier alpha value is -1.02. The van der Waals surface area contributed by atoms with Crippen LogP contribution in [0, 0.1) is 5.41 Å². The molecule has 1 atom stereocenters. The van der Waals surface area contributed by atoms with Crippen LogP contribution in [-0.2, 0) is 0 Å². The molecule has 1 N–H and O–H groups in total. The molecule has 1 unspecified atom stereocenters. The second kappa shape index (κ2) is 6.17. The highest BCUT2D eigenvalue weighted by Gasteiger charge is 2.28. The van der Waals surface area contributed by atoms with E-state index in [0.717, 1.165) is 19.6 Å². The first-order valence-electron chi connectivity index (χ1n) is 7.96. The van der Waals surface area contributed by atoms with Crippen molar-refractivity contribution in [2.75, 3.05) is 24.5 Å². The van der Waals surface area contributed by atoms with E-state index in [0.29, 0.717) is 17.4 Å². The number of hydrogen-bond donors (Lipinski definition) is 1. The molecule has 0 aliphatic carbocycles. The summed E-state index contributed by atoms with van der Waals surface area (Å²) < 4.78 is 0. The molecule has 1 fully saturated rings. The molecule has 2 nitrogen and oxygen atoms in total. The lowest BCUT2D eigenvalue weighted by atomic mass is 9.86. The largest absolute Gasteiger partial charge is 0.370 e. The van der Waals surface area contributed by atoms with Crippen LogP contribution in [0.3, 0.4) is 0 Å². The molecule has 1 aliphatic heterocycles. The SMILES string of the molecule is CC(C)c1ccc(N2CCCNC(C(C)(C)C)C2)cc1. The Morgan fingerprint density at radius 2 is 1.80 bits per heavy atom. The number of benzene rings is 1. The summed E-state index contributed by atoms with van der Waals surface area (Å²) in [4.78, 5) is 2.54. The number of nitrogens with one attached hydrogen (secondary N) is 1. The fourth-order valence-corrected chi connectivity index (χ4v) is 2.81. The third-order valence-electron chi connectivity index (χ3n) is 4.37. The molecule has 2 rings (SSSR count). The first-order valence-corrected chi connectivity index (χ1v) is 7.96. The zero-order chi connectivity index (χ0) is 14.8. The fourth-order valence-electron chi connectivity index (χ4n) is 2.81. The van der Waals surface area contributed by atoms with Crippen molar-refractivity contribution in [3.8, 4) is 0 Å². The van der Waals surface area contributed by atoms with Crippen LogP contribution in [0.15, 0.2) is 24.3 Å². The smallest absolute Gasteiger partial charge is 0.0366 e. The third-order valence-corrected chi connectivity index (χ3v) is 4.37. The maximum atomic E-state index is 3.71. The lowest BCUT2D eigenvalue weighted by Gasteiger charge is -2.34. The molecule has 1 heterocycles. The number of anilines is 1. The summed E-state index contributed by atoms with van der Waals surface area (Å²) in [6.07, 6.45) is 1.22. The third kappa shape index (κ3) is 3.76. The monoisotopic (exact) mass is 274 g/mol. The molecular weight excluding hydrogens is 244 g/mol. The van der Waals surface area contributed by atoms with Crippen LogP contribution < -0.4 is 10.2 Å². The molecule has 0 radical (unpaired) electrons. The Morgan fingerprint density at radius 1 is 1.15 bits per heavy atom. The van der Waals surface area contributed by atoms with Crippen LogP contribution in [0.2, 0.25) is 0 Å². The van der Waals surface area contributed by atoms with E-state index in [9.17, 15) is 0 Å². The summed E-state index contributed by atoms with van der Waals surface area (Å²) in [5, 5.41) is 3.71. The van der Waals surface area contributed by atoms with E-state index in [1.807, 2.05) is 0 Å². The maximum absolute atomic E-state index is 3.71. The van der Waals surface area contributed by atoms with E-state index in [-0.39, 0.29) is 0 Å². The minimum atomic E-state index is 0.306. The summed E-state index contributed by atoms with van der Waals surface area (Å²) in [6, 6.07) is 9.70. The first kappa shape index (κ1) is 15.4. The predicted molar refractivity (Wildman–Crippen MR) is 88.6 cm³/mol. The van der Waals surface area contributed by atoms with Crippen LogP contribution in [0.5, 0.6) is 0 Å². The highest BCUT2D eigenvalue weighted by atomic mass is 15.2. The summed E-state index contributed by atoms with van der Waals surface area (Å²) in [5.74, 6) is 0.608. The van der Waals surface area contributed by atoms with E-state index in [4.69, 9.17) is 0 Å². The van der Waals surface area contributed by atoms with E-state index in [1.165, 1.54) is 17.7 Å². The van der Waals surface area contributed by atoms with Crippen molar-refractivity contribution in [1.82, 2.24) is 5.32 Å². The molecule has 1 aromatic rings. The number of rotatable bonds is 2. The highest BCUT2D eigenvalue weighted by Crippen LogP contribution is 2.26. The quantitative estimate of drug-likeness (QED) is 0.876. The molecular formula is C18H30N2. The molecule has 0 amide bonds. The zero-order valence-electron chi connectivity index (χ0n) is 13.7. The van der Waals surface area contributed by atoms with Crippen molar-refractivity contribution >= 4 is 5.69 Å². The van der Waals surface area contributed by atoms with Gasteiger partial charge in [0.25, 0.3) is 0 Å². The molecule has 1 saturated heterocycles. The average molecular weight is 274 g/mol. The molecule has 1 aliphatic rings. The van der Waals surface area contributed by atoms with E-state index >= 15 is 0 Å². The van der Waals surface area contributed by atoms with Crippen molar-refractivity contribution in [3.63, 3.8) is 0 Å². The van der Waals surface area contributed by atoms with Gasteiger partial charge in [0.05, 0.1) is 0 Å². The fraction of sp³-hybridized carbons (Fsp3) is 0.667. The van der Waals surface area contributed by atoms with E-state index in [1.54, 1.807) is 0 Å². The zero-order valence-corrected chi connectivity index (χ0v) is 13.7. The Labute approximate surface area is 124 Å². The first-order chi connectivity index (χ1) is 9.38. The molecule has 0 saturated carbocycles. The minimum absolute atomic E-state index is 0.306. The van der Waals surface area contributed by atoms with Gasteiger partial charge in [-0.25, -0.2) is 0 Å². The Bertz CT molecular complexity index is 414. The van der Waals surface area contributed by atoms with Crippen LogP contribution in [0.1, 0.15) is 52.5 Å². The summed E-state index contributed by atoms with van der Waals surface area (Å²) in [7, 11) is 0. The average Bonchev–Trinajstić information content (AvgIpc) is 2.64. The van der Waals surface area contributed by atoms with Gasteiger partial charge in [-0.15, -0.1) is 0 Å². The van der Waals surface area contributed by atoms with Gasteiger partial charge >= 0.3 is 0 Å². The van der Waals surface area contributed by atoms with Crippen LogP contribution in [0.25, 0.3) is 0 Å².